The number of fused-ring (bicyclic) bond motifs is 5. The topological polar surface area (TPSA) is 60.4 Å². The Bertz CT molecular complexity index is 752. The van der Waals surface area contributed by atoms with E-state index in [-0.39, 0.29) is 28.7 Å². The lowest BCUT2D eigenvalue weighted by atomic mass is 9.47. The molecule has 0 saturated heterocycles. The molecule has 0 radical (unpaired) electrons. The van der Waals surface area contributed by atoms with Crippen molar-refractivity contribution in [3.8, 4) is 0 Å². The van der Waals surface area contributed by atoms with Gasteiger partial charge in [-0.2, -0.15) is 0 Å². The molecule has 4 nitrogen and oxygen atoms in total. The maximum absolute atomic E-state index is 12.7. The Kier molecular flexibility index (Phi) is 5.98. The number of hydrogen-bond acceptors (Lipinski definition) is 4. The summed E-state index contributed by atoms with van der Waals surface area (Å²) in [5.74, 6) is 1.76. The molecule has 0 aromatic heterocycles. The van der Waals surface area contributed by atoms with Crippen molar-refractivity contribution in [1.29, 1.82) is 0 Å². The maximum atomic E-state index is 12.7. The summed E-state index contributed by atoms with van der Waals surface area (Å²) in [6.07, 6.45) is 12.1. The number of rotatable bonds is 6. The summed E-state index contributed by atoms with van der Waals surface area (Å²) in [6, 6.07) is 0. The van der Waals surface area contributed by atoms with E-state index in [2.05, 4.69) is 20.8 Å². The monoisotopic (exact) mass is 414 g/mol. The largest absolute Gasteiger partial charge is 0.458 e. The third-order valence-electron chi connectivity index (χ3n) is 9.17. The number of ketones is 2. The van der Waals surface area contributed by atoms with E-state index in [1.54, 1.807) is 0 Å². The highest BCUT2D eigenvalue weighted by atomic mass is 16.5. The number of carbonyl (C=O) groups excluding carboxylic acids is 3. The van der Waals surface area contributed by atoms with Crippen LogP contribution in [0.5, 0.6) is 0 Å². The van der Waals surface area contributed by atoms with Crippen molar-refractivity contribution in [2.75, 3.05) is 0 Å². The van der Waals surface area contributed by atoms with Crippen LogP contribution in [0, 0.1) is 28.6 Å². The molecule has 4 aliphatic rings. The van der Waals surface area contributed by atoms with Crippen molar-refractivity contribution in [2.24, 2.45) is 28.6 Å². The first kappa shape index (κ1) is 21.8. The van der Waals surface area contributed by atoms with E-state index in [0.29, 0.717) is 42.8 Å². The number of ether oxygens (including phenoxy) is 1. The third-order valence-corrected chi connectivity index (χ3v) is 9.17. The van der Waals surface area contributed by atoms with Crippen molar-refractivity contribution in [1.82, 2.24) is 0 Å². The molecule has 0 spiro atoms. The van der Waals surface area contributed by atoms with Crippen LogP contribution in [0.15, 0.2) is 11.6 Å². The first-order chi connectivity index (χ1) is 14.3. The van der Waals surface area contributed by atoms with Crippen molar-refractivity contribution in [3.63, 3.8) is 0 Å². The second-order valence-electron chi connectivity index (χ2n) is 10.8. The Hall–Kier alpha value is -1.45. The molecule has 3 saturated carbocycles. The van der Waals surface area contributed by atoms with Gasteiger partial charge in [-0.1, -0.05) is 40.0 Å². The van der Waals surface area contributed by atoms with E-state index < -0.39 is 0 Å². The summed E-state index contributed by atoms with van der Waals surface area (Å²) >= 11 is 0. The predicted molar refractivity (Wildman–Crippen MR) is 116 cm³/mol. The van der Waals surface area contributed by atoms with Crippen LogP contribution in [0.2, 0.25) is 0 Å². The van der Waals surface area contributed by atoms with Crippen LogP contribution in [0.3, 0.4) is 0 Å². The van der Waals surface area contributed by atoms with E-state index in [1.807, 2.05) is 6.08 Å². The van der Waals surface area contributed by atoms with Gasteiger partial charge in [0, 0.05) is 24.7 Å². The van der Waals surface area contributed by atoms with Crippen molar-refractivity contribution >= 4 is 17.5 Å². The molecule has 0 bridgehead atoms. The maximum Gasteiger partial charge on any atom is 0.306 e. The fourth-order valence-electron chi connectivity index (χ4n) is 7.38. The van der Waals surface area contributed by atoms with Gasteiger partial charge in [0.15, 0.2) is 5.78 Å². The van der Waals surface area contributed by atoms with Gasteiger partial charge in [-0.15, -0.1) is 0 Å². The molecule has 3 fully saturated rings. The molecule has 4 rings (SSSR count). The van der Waals surface area contributed by atoms with Crippen molar-refractivity contribution in [3.05, 3.63) is 11.6 Å². The first-order valence-electron chi connectivity index (χ1n) is 12.3. The number of esters is 1. The average Bonchev–Trinajstić information content (AvgIpc) is 3.01. The summed E-state index contributed by atoms with van der Waals surface area (Å²) in [4.78, 5) is 37.7. The van der Waals surface area contributed by atoms with Gasteiger partial charge in [0.05, 0.1) is 0 Å². The summed E-state index contributed by atoms with van der Waals surface area (Å²) < 4.78 is 6.07. The van der Waals surface area contributed by atoms with Gasteiger partial charge < -0.3 is 4.74 Å². The van der Waals surface area contributed by atoms with Crippen LogP contribution in [0.1, 0.15) is 97.8 Å². The molecule has 0 aromatic carbocycles. The zero-order valence-corrected chi connectivity index (χ0v) is 19.0. The summed E-state index contributed by atoms with van der Waals surface area (Å²) in [7, 11) is 0. The molecule has 0 unspecified atom stereocenters. The van der Waals surface area contributed by atoms with Crippen molar-refractivity contribution < 1.29 is 19.1 Å². The van der Waals surface area contributed by atoms with Gasteiger partial charge in [0.1, 0.15) is 11.9 Å². The van der Waals surface area contributed by atoms with E-state index in [1.165, 1.54) is 0 Å². The lowest BCUT2D eigenvalue weighted by molar-refractivity contribution is -0.156. The van der Waals surface area contributed by atoms with Crippen LogP contribution in [0.25, 0.3) is 0 Å². The predicted octanol–water partition coefficient (Wildman–Crippen LogP) is 5.58. The van der Waals surface area contributed by atoms with Gasteiger partial charge in [-0.25, -0.2) is 0 Å². The van der Waals surface area contributed by atoms with Crippen LogP contribution in [0.4, 0.5) is 0 Å². The second kappa shape index (κ2) is 8.24. The Labute approximate surface area is 181 Å². The van der Waals surface area contributed by atoms with E-state index in [4.69, 9.17) is 4.74 Å². The minimum absolute atomic E-state index is 0.0864. The van der Waals surface area contributed by atoms with Gasteiger partial charge in [-0.3, -0.25) is 14.4 Å². The van der Waals surface area contributed by atoms with E-state index in [9.17, 15) is 14.4 Å². The molecule has 30 heavy (non-hydrogen) atoms. The lowest BCUT2D eigenvalue weighted by Crippen LogP contribution is -2.54. The Balaban J connectivity index is 1.58. The van der Waals surface area contributed by atoms with Crippen molar-refractivity contribution in [2.45, 2.75) is 104 Å². The highest BCUT2D eigenvalue weighted by molar-refractivity contribution is 5.92. The fraction of sp³-hybridized carbons (Fsp3) is 0.808. The zero-order valence-electron chi connectivity index (χ0n) is 19.0. The molecule has 0 aliphatic heterocycles. The fourth-order valence-corrected chi connectivity index (χ4v) is 7.38. The van der Waals surface area contributed by atoms with Crippen LogP contribution >= 0.6 is 0 Å². The minimum atomic E-state index is -0.294. The van der Waals surface area contributed by atoms with E-state index in [0.717, 1.165) is 63.4 Å². The Morgan fingerprint density at radius 3 is 2.57 bits per heavy atom. The lowest BCUT2D eigenvalue weighted by Gasteiger charge is -2.58. The minimum Gasteiger partial charge on any atom is -0.458 e. The van der Waals surface area contributed by atoms with Crippen LogP contribution in [-0.4, -0.2) is 23.6 Å². The molecule has 0 heterocycles. The third kappa shape index (κ3) is 3.58. The molecule has 0 amide bonds. The van der Waals surface area contributed by atoms with Crippen LogP contribution in [-0.2, 0) is 19.1 Å². The SMILES string of the molecule is CCCCCCC(=O)O[C@H]1C[C@@H]2[C@H](CC[C@]3(C)C(=O)CC[C@@H]23)[C@@]2(C)CCC(=O)C=C12. The van der Waals surface area contributed by atoms with Gasteiger partial charge in [-0.05, 0) is 73.3 Å². The first-order valence-corrected chi connectivity index (χ1v) is 12.3. The molecule has 0 aromatic rings. The number of unbranched alkanes of at least 4 members (excludes halogenated alkanes) is 3. The molecule has 4 aliphatic carbocycles. The Morgan fingerprint density at radius 2 is 1.80 bits per heavy atom. The number of hydrogen-bond donors (Lipinski definition) is 0. The summed E-state index contributed by atoms with van der Waals surface area (Å²) in [5, 5.41) is 0. The standard InChI is InChI=1S/C26H38O4/c1-4-5-6-7-8-24(29)30-22-16-18-19-9-10-23(28)26(19,3)14-12-20(18)25(2)13-11-17(27)15-21(22)25/h15,18-20,22H,4-14,16H2,1-3H3/t18-,19-,20-,22-,25+,26-/m0/s1. The molecule has 0 N–H and O–H groups in total. The Morgan fingerprint density at radius 1 is 1.03 bits per heavy atom. The highest BCUT2D eigenvalue weighted by Crippen LogP contribution is 2.64. The zero-order chi connectivity index (χ0) is 21.5. The number of carbonyl (C=O) groups is 3. The van der Waals surface area contributed by atoms with Gasteiger partial charge in [0.25, 0.3) is 0 Å². The molecule has 6 atom stereocenters. The molecular weight excluding hydrogens is 376 g/mol. The van der Waals surface area contributed by atoms with E-state index >= 15 is 0 Å². The van der Waals surface area contributed by atoms with Gasteiger partial charge in [0.2, 0.25) is 0 Å². The normalized spacial score (nSPS) is 40.3. The van der Waals surface area contributed by atoms with Crippen LogP contribution < -0.4 is 0 Å². The average molecular weight is 415 g/mol. The highest BCUT2D eigenvalue weighted by Gasteiger charge is 2.61. The second-order valence-corrected chi connectivity index (χ2v) is 10.8. The quantitative estimate of drug-likeness (QED) is 0.420. The summed E-state index contributed by atoms with van der Waals surface area (Å²) in [6.45, 7) is 6.63. The summed E-state index contributed by atoms with van der Waals surface area (Å²) in [5.41, 5.74) is 0.782. The number of Topliss-reactive ketones (excluding diaryl/α,β-unsaturated/α-hetero) is 1. The molecule has 4 heteroatoms. The smallest absolute Gasteiger partial charge is 0.306 e. The molecule has 166 valence electrons. The van der Waals surface area contributed by atoms with Gasteiger partial charge >= 0.3 is 5.97 Å². The molecular formula is C26H38O4.